The highest BCUT2D eigenvalue weighted by Crippen LogP contribution is 2.26. The van der Waals surface area contributed by atoms with Gasteiger partial charge in [-0.05, 0) is 50.2 Å². The summed E-state index contributed by atoms with van der Waals surface area (Å²) in [5, 5.41) is 3.28. The highest BCUT2D eigenvalue weighted by molar-refractivity contribution is 7.89. The van der Waals surface area contributed by atoms with Gasteiger partial charge in [0.25, 0.3) is 5.91 Å². The maximum absolute atomic E-state index is 12.9. The first kappa shape index (κ1) is 20.0. The number of sulfonamides is 1. The van der Waals surface area contributed by atoms with Gasteiger partial charge in [0, 0.05) is 18.7 Å². The quantitative estimate of drug-likeness (QED) is 0.684. The van der Waals surface area contributed by atoms with E-state index in [0.29, 0.717) is 23.8 Å². The molecule has 29 heavy (non-hydrogen) atoms. The van der Waals surface area contributed by atoms with Crippen molar-refractivity contribution in [2.45, 2.75) is 31.0 Å². The summed E-state index contributed by atoms with van der Waals surface area (Å²) in [4.78, 5) is 17.1. The third-order valence-corrected chi connectivity index (χ3v) is 7.45. The molecular weight excluding hydrogens is 410 g/mol. The Balaban J connectivity index is 1.50. The number of aromatic nitrogens is 1. The van der Waals surface area contributed by atoms with E-state index in [-0.39, 0.29) is 23.0 Å². The van der Waals surface area contributed by atoms with Gasteiger partial charge in [0.15, 0.2) is 5.13 Å². The van der Waals surface area contributed by atoms with Gasteiger partial charge in [-0.2, -0.15) is 4.31 Å². The first-order chi connectivity index (χ1) is 13.8. The SMILES string of the molecule is C[C@@H]1CN(S(=O)(=O)c2ccc(C(=O)Nc3nc4ccccc4s3)cc2)C[C@@H](C)O1. The van der Waals surface area contributed by atoms with E-state index in [1.54, 1.807) is 0 Å². The molecule has 0 saturated carbocycles. The van der Waals surface area contributed by atoms with Crippen LogP contribution in [0.15, 0.2) is 53.4 Å². The zero-order valence-corrected chi connectivity index (χ0v) is 17.7. The number of fused-ring (bicyclic) bond motifs is 1. The zero-order valence-electron chi connectivity index (χ0n) is 16.0. The molecule has 1 aliphatic rings. The smallest absolute Gasteiger partial charge is 0.257 e. The molecule has 0 bridgehead atoms. The normalized spacial score (nSPS) is 20.6. The Morgan fingerprint density at radius 2 is 1.76 bits per heavy atom. The summed E-state index contributed by atoms with van der Waals surface area (Å²) in [5.74, 6) is -0.332. The van der Waals surface area contributed by atoms with E-state index in [9.17, 15) is 13.2 Å². The van der Waals surface area contributed by atoms with E-state index in [4.69, 9.17) is 4.74 Å². The standard InChI is InChI=1S/C20H21N3O4S2/c1-13-11-23(12-14(2)27-13)29(25,26)16-9-7-15(8-10-16)19(24)22-20-21-17-5-3-4-6-18(17)28-20/h3-10,13-14H,11-12H2,1-2H3,(H,21,22,24)/t13-,14-/m1/s1. The fraction of sp³-hybridized carbons (Fsp3) is 0.300. The number of thiazole rings is 1. The monoisotopic (exact) mass is 431 g/mol. The fourth-order valence-electron chi connectivity index (χ4n) is 3.35. The summed E-state index contributed by atoms with van der Waals surface area (Å²) >= 11 is 1.39. The third-order valence-electron chi connectivity index (χ3n) is 4.65. The minimum atomic E-state index is -3.64. The maximum atomic E-state index is 12.9. The predicted molar refractivity (Wildman–Crippen MR) is 113 cm³/mol. The summed E-state index contributed by atoms with van der Waals surface area (Å²) < 4.78 is 33.9. The number of ether oxygens (including phenoxy) is 1. The number of morpholine rings is 1. The lowest BCUT2D eigenvalue weighted by Gasteiger charge is -2.34. The van der Waals surface area contributed by atoms with Gasteiger partial charge in [-0.25, -0.2) is 13.4 Å². The predicted octanol–water partition coefficient (Wildman–Crippen LogP) is 3.35. The molecular formula is C20H21N3O4S2. The van der Waals surface area contributed by atoms with E-state index in [2.05, 4.69) is 10.3 Å². The van der Waals surface area contributed by atoms with Crippen LogP contribution in [0.4, 0.5) is 5.13 Å². The maximum Gasteiger partial charge on any atom is 0.257 e. The van der Waals surface area contributed by atoms with Gasteiger partial charge in [0.2, 0.25) is 10.0 Å². The lowest BCUT2D eigenvalue weighted by Crippen LogP contribution is -2.48. The lowest BCUT2D eigenvalue weighted by atomic mass is 10.2. The van der Waals surface area contributed by atoms with Gasteiger partial charge in [-0.1, -0.05) is 23.5 Å². The summed E-state index contributed by atoms with van der Waals surface area (Å²) in [5.41, 5.74) is 1.19. The first-order valence-corrected chi connectivity index (χ1v) is 11.5. The molecule has 2 atom stereocenters. The van der Waals surface area contributed by atoms with Gasteiger partial charge in [0.1, 0.15) is 0 Å². The number of anilines is 1. The van der Waals surface area contributed by atoms with E-state index < -0.39 is 10.0 Å². The molecule has 152 valence electrons. The molecule has 0 aliphatic carbocycles. The van der Waals surface area contributed by atoms with Crippen LogP contribution in [0.25, 0.3) is 10.2 Å². The number of hydrogen-bond acceptors (Lipinski definition) is 6. The number of nitrogens with zero attached hydrogens (tertiary/aromatic N) is 2. The topological polar surface area (TPSA) is 88.6 Å². The van der Waals surface area contributed by atoms with Gasteiger partial charge in [0.05, 0.1) is 27.3 Å². The van der Waals surface area contributed by atoms with Crippen molar-refractivity contribution in [3.8, 4) is 0 Å². The van der Waals surface area contributed by atoms with Crippen molar-refractivity contribution >= 4 is 42.6 Å². The van der Waals surface area contributed by atoms with Gasteiger partial charge in [-0.3, -0.25) is 10.1 Å². The van der Waals surface area contributed by atoms with Crippen molar-refractivity contribution in [3.05, 3.63) is 54.1 Å². The van der Waals surface area contributed by atoms with Crippen LogP contribution in [0.5, 0.6) is 0 Å². The molecule has 9 heteroatoms. The van der Waals surface area contributed by atoms with Crippen molar-refractivity contribution in [2.24, 2.45) is 0 Å². The lowest BCUT2D eigenvalue weighted by molar-refractivity contribution is -0.0440. The first-order valence-electron chi connectivity index (χ1n) is 9.25. The second kappa shape index (κ2) is 7.83. The molecule has 0 unspecified atom stereocenters. The largest absolute Gasteiger partial charge is 0.373 e. The molecule has 2 aromatic carbocycles. The Morgan fingerprint density at radius 3 is 2.41 bits per heavy atom. The molecule has 2 heterocycles. The fourth-order valence-corrected chi connectivity index (χ4v) is 5.80. The Labute approximate surface area is 173 Å². The minimum absolute atomic E-state index is 0.160. The van der Waals surface area contributed by atoms with E-state index in [1.807, 2.05) is 38.1 Å². The Morgan fingerprint density at radius 1 is 1.10 bits per heavy atom. The molecule has 1 saturated heterocycles. The van der Waals surface area contributed by atoms with Crippen molar-refractivity contribution < 1.29 is 17.9 Å². The molecule has 0 radical (unpaired) electrons. The summed E-state index contributed by atoms with van der Waals surface area (Å²) in [6, 6.07) is 13.6. The van der Waals surface area contributed by atoms with Crippen LogP contribution in [0.1, 0.15) is 24.2 Å². The molecule has 1 amide bonds. The van der Waals surface area contributed by atoms with E-state index >= 15 is 0 Å². The second-order valence-electron chi connectivity index (χ2n) is 7.04. The number of carbonyl (C=O) groups excluding carboxylic acids is 1. The highest BCUT2D eigenvalue weighted by Gasteiger charge is 2.32. The van der Waals surface area contributed by atoms with Crippen molar-refractivity contribution in [2.75, 3.05) is 18.4 Å². The number of amides is 1. The van der Waals surface area contributed by atoms with Crippen molar-refractivity contribution in [1.82, 2.24) is 9.29 Å². The number of nitrogens with one attached hydrogen (secondary N) is 1. The average molecular weight is 432 g/mol. The average Bonchev–Trinajstić information content (AvgIpc) is 3.09. The third kappa shape index (κ3) is 4.18. The van der Waals surface area contributed by atoms with Crippen LogP contribution in [-0.2, 0) is 14.8 Å². The molecule has 3 aromatic rings. The number of para-hydroxylation sites is 1. The van der Waals surface area contributed by atoms with Crippen LogP contribution in [0.3, 0.4) is 0 Å². The highest BCUT2D eigenvalue weighted by atomic mass is 32.2. The summed E-state index contributed by atoms with van der Waals surface area (Å²) in [6.07, 6.45) is -0.320. The number of benzene rings is 2. The van der Waals surface area contributed by atoms with Crippen LogP contribution >= 0.6 is 11.3 Å². The second-order valence-corrected chi connectivity index (χ2v) is 10.0. The molecule has 0 spiro atoms. The molecule has 1 fully saturated rings. The Hall–Kier alpha value is -2.33. The number of hydrogen-bond donors (Lipinski definition) is 1. The molecule has 7 nitrogen and oxygen atoms in total. The molecule has 1 aliphatic heterocycles. The molecule has 1 N–H and O–H groups in total. The molecule has 4 rings (SSSR count). The van der Waals surface area contributed by atoms with Gasteiger partial charge < -0.3 is 4.74 Å². The van der Waals surface area contributed by atoms with Crippen molar-refractivity contribution in [1.29, 1.82) is 0 Å². The van der Waals surface area contributed by atoms with Crippen molar-refractivity contribution in [3.63, 3.8) is 0 Å². The number of carbonyl (C=O) groups is 1. The van der Waals surface area contributed by atoms with Crippen LogP contribution in [0.2, 0.25) is 0 Å². The Bertz CT molecular complexity index is 1100. The van der Waals surface area contributed by atoms with Gasteiger partial charge >= 0.3 is 0 Å². The number of rotatable bonds is 4. The summed E-state index contributed by atoms with van der Waals surface area (Å²) in [6.45, 7) is 4.33. The van der Waals surface area contributed by atoms with Crippen LogP contribution in [-0.4, -0.2) is 48.9 Å². The summed E-state index contributed by atoms with van der Waals surface area (Å²) in [7, 11) is -3.64. The minimum Gasteiger partial charge on any atom is -0.373 e. The van der Waals surface area contributed by atoms with E-state index in [0.717, 1.165) is 10.2 Å². The zero-order chi connectivity index (χ0) is 20.6. The van der Waals surface area contributed by atoms with Crippen LogP contribution < -0.4 is 5.32 Å². The van der Waals surface area contributed by atoms with E-state index in [1.165, 1.54) is 39.9 Å². The van der Waals surface area contributed by atoms with Crippen LogP contribution in [0, 0.1) is 0 Å². The Kier molecular flexibility index (Phi) is 5.39. The molecule has 1 aromatic heterocycles. The van der Waals surface area contributed by atoms with Gasteiger partial charge in [-0.15, -0.1) is 0 Å².